The third kappa shape index (κ3) is 12.7. The third-order valence-corrected chi connectivity index (χ3v) is 7.94. The number of hydrogen-bond acceptors (Lipinski definition) is 10. The fourth-order valence-corrected chi connectivity index (χ4v) is 5.01. The van der Waals surface area contributed by atoms with Crippen LogP contribution in [0.1, 0.15) is 30.5 Å². The van der Waals surface area contributed by atoms with Crippen LogP contribution in [0.3, 0.4) is 0 Å². The standard InChI is InChI=1S/C29H40O8S2/c1-21-5-7-22(8-6-21)29(2,3)23-9-11-26(12-10-23)37-16-25(31)18-39-20-28(33)36-14-13-35-27(32)19-38-17-24(30)15-34-4/h5-12,24-25,30-31H,13-20H2,1-4H3. The summed E-state index contributed by atoms with van der Waals surface area (Å²) < 4.78 is 20.6. The Hall–Kier alpha value is -2.24. The molecule has 0 aromatic heterocycles. The van der Waals surface area contributed by atoms with Gasteiger partial charge in [-0.25, -0.2) is 0 Å². The normalized spacial score (nSPS) is 13.0. The second-order valence-corrected chi connectivity index (χ2v) is 11.6. The van der Waals surface area contributed by atoms with Gasteiger partial charge in [-0.2, -0.15) is 0 Å². The fraction of sp³-hybridized carbons (Fsp3) is 0.517. The summed E-state index contributed by atoms with van der Waals surface area (Å²) >= 11 is 2.48. The molecule has 0 aliphatic heterocycles. The van der Waals surface area contributed by atoms with Crippen LogP contribution >= 0.6 is 23.5 Å². The summed E-state index contributed by atoms with van der Waals surface area (Å²) in [7, 11) is 1.49. The maximum Gasteiger partial charge on any atom is 0.316 e. The van der Waals surface area contributed by atoms with Crippen molar-refractivity contribution in [1.29, 1.82) is 0 Å². The Morgan fingerprint density at radius 1 is 0.795 bits per heavy atom. The van der Waals surface area contributed by atoms with Gasteiger partial charge in [0.15, 0.2) is 0 Å². The van der Waals surface area contributed by atoms with Gasteiger partial charge in [-0.3, -0.25) is 9.59 Å². The molecule has 0 saturated heterocycles. The number of aryl methyl sites for hydroxylation is 1. The summed E-state index contributed by atoms with van der Waals surface area (Å²) in [6, 6.07) is 16.4. The second kappa shape index (κ2) is 17.5. The highest BCUT2D eigenvalue weighted by molar-refractivity contribution is 8.00. The van der Waals surface area contributed by atoms with E-state index < -0.39 is 24.1 Å². The quantitative estimate of drug-likeness (QED) is 0.200. The third-order valence-electron chi connectivity index (χ3n) is 5.82. The van der Waals surface area contributed by atoms with Gasteiger partial charge in [0.25, 0.3) is 0 Å². The molecule has 0 radical (unpaired) electrons. The van der Waals surface area contributed by atoms with E-state index in [9.17, 15) is 19.8 Å². The van der Waals surface area contributed by atoms with Gasteiger partial charge in [0.2, 0.25) is 0 Å². The first-order valence-electron chi connectivity index (χ1n) is 12.7. The lowest BCUT2D eigenvalue weighted by Gasteiger charge is -2.26. The van der Waals surface area contributed by atoms with Crippen LogP contribution in [-0.4, -0.2) is 90.9 Å². The van der Waals surface area contributed by atoms with Crippen molar-refractivity contribution >= 4 is 35.5 Å². The van der Waals surface area contributed by atoms with Crippen molar-refractivity contribution in [3.8, 4) is 5.75 Å². The Morgan fingerprint density at radius 3 is 1.74 bits per heavy atom. The first-order chi connectivity index (χ1) is 18.6. The molecule has 10 heteroatoms. The average Bonchev–Trinajstić information content (AvgIpc) is 2.90. The number of ether oxygens (including phenoxy) is 4. The van der Waals surface area contributed by atoms with Crippen molar-refractivity contribution < 1.29 is 38.7 Å². The van der Waals surface area contributed by atoms with E-state index >= 15 is 0 Å². The molecule has 0 fully saturated rings. The molecule has 2 rings (SSSR count). The van der Waals surface area contributed by atoms with Crippen molar-refractivity contribution in [2.24, 2.45) is 0 Å². The zero-order valence-corrected chi connectivity index (χ0v) is 24.7. The number of benzene rings is 2. The van der Waals surface area contributed by atoms with Crippen LogP contribution in [0.5, 0.6) is 5.75 Å². The van der Waals surface area contributed by atoms with Crippen molar-refractivity contribution in [3.05, 3.63) is 65.2 Å². The molecule has 8 nitrogen and oxygen atoms in total. The Balaban J connectivity index is 1.58. The monoisotopic (exact) mass is 580 g/mol. The number of thioether (sulfide) groups is 2. The van der Waals surface area contributed by atoms with E-state index in [2.05, 4.69) is 45.0 Å². The summed E-state index contributed by atoms with van der Waals surface area (Å²) in [4.78, 5) is 23.5. The number of rotatable bonds is 18. The largest absolute Gasteiger partial charge is 0.491 e. The van der Waals surface area contributed by atoms with E-state index in [0.717, 1.165) is 0 Å². The van der Waals surface area contributed by atoms with Gasteiger partial charge in [0, 0.05) is 24.0 Å². The molecule has 2 aromatic carbocycles. The van der Waals surface area contributed by atoms with Crippen LogP contribution in [0, 0.1) is 6.92 Å². The maximum absolute atomic E-state index is 11.8. The highest BCUT2D eigenvalue weighted by Gasteiger charge is 2.23. The minimum atomic E-state index is -0.743. The van der Waals surface area contributed by atoms with Crippen molar-refractivity contribution in [1.82, 2.24) is 0 Å². The van der Waals surface area contributed by atoms with Gasteiger partial charge in [0.05, 0.1) is 30.3 Å². The smallest absolute Gasteiger partial charge is 0.316 e. The zero-order valence-electron chi connectivity index (χ0n) is 23.1. The molecule has 0 amide bonds. The van der Waals surface area contributed by atoms with Gasteiger partial charge < -0.3 is 29.2 Å². The zero-order chi connectivity index (χ0) is 28.7. The van der Waals surface area contributed by atoms with Crippen LogP contribution in [0.15, 0.2) is 48.5 Å². The van der Waals surface area contributed by atoms with Gasteiger partial charge in [-0.15, -0.1) is 23.5 Å². The Labute approximate surface area is 239 Å². The van der Waals surface area contributed by atoms with Gasteiger partial charge >= 0.3 is 11.9 Å². The van der Waals surface area contributed by atoms with Gasteiger partial charge in [0.1, 0.15) is 25.6 Å². The van der Waals surface area contributed by atoms with E-state index in [-0.39, 0.29) is 43.3 Å². The molecule has 216 valence electrons. The predicted molar refractivity (Wildman–Crippen MR) is 156 cm³/mol. The first-order valence-corrected chi connectivity index (χ1v) is 15.0. The number of methoxy groups -OCH3 is 1. The van der Waals surface area contributed by atoms with E-state index in [1.54, 1.807) is 0 Å². The van der Waals surface area contributed by atoms with Gasteiger partial charge in [-0.05, 0) is 30.2 Å². The number of hydrogen-bond donors (Lipinski definition) is 2. The van der Waals surface area contributed by atoms with Crippen LogP contribution in [-0.2, 0) is 29.2 Å². The maximum atomic E-state index is 11.8. The Morgan fingerprint density at radius 2 is 1.26 bits per heavy atom. The minimum Gasteiger partial charge on any atom is -0.491 e. The SMILES string of the molecule is COCC(O)CSCC(=O)OCCOC(=O)CSCC(O)COc1ccc(C(C)(C)c2ccc(C)cc2)cc1. The fourth-order valence-electron chi connectivity index (χ4n) is 3.54. The van der Waals surface area contributed by atoms with E-state index in [0.29, 0.717) is 17.3 Å². The molecule has 0 aliphatic carbocycles. The summed E-state index contributed by atoms with van der Waals surface area (Å²) in [5, 5.41) is 19.7. The molecular formula is C29H40O8S2. The number of aliphatic hydroxyl groups is 2. The molecular weight excluding hydrogens is 540 g/mol. The molecule has 2 aromatic rings. The second-order valence-electron chi connectivity index (χ2n) is 9.56. The molecule has 0 spiro atoms. The molecule has 2 N–H and O–H groups in total. The van der Waals surface area contributed by atoms with Crippen molar-refractivity contribution in [3.63, 3.8) is 0 Å². The number of aliphatic hydroxyl groups excluding tert-OH is 2. The molecule has 2 unspecified atom stereocenters. The predicted octanol–water partition coefficient (Wildman–Crippen LogP) is 3.62. The van der Waals surface area contributed by atoms with Crippen LogP contribution < -0.4 is 4.74 Å². The molecule has 0 bridgehead atoms. The number of carbonyl (C=O) groups excluding carboxylic acids is 2. The van der Waals surface area contributed by atoms with E-state index in [4.69, 9.17) is 18.9 Å². The van der Waals surface area contributed by atoms with E-state index in [1.165, 1.54) is 47.3 Å². The Bertz CT molecular complexity index is 995. The minimum absolute atomic E-state index is 0.0338. The average molecular weight is 581 g/mol. The lowest BCUT2D eigenvalue weighted by atomic mass is 9.78. The summed E-state index contributed by atoms with van der Waals surface area (Å²) in [6.07, 6.45) is -1.38. The summed E-state index contributed by atoms with van der Waals surface area (Å²) in [6.45, 7) is 6.70. The van der Waals surface area contributed by atoms with Crippen LogP contribution in [0.25, 0.3) is 0 Å². The van der Waals surface area contributed by atoms with Crippen molar-refractivity contribution in [2.45, 2.75) is 38.4 Å². The highest BCUT2D eigenvalue weighted by atomic mass is 32.2. The molecule has 0 saturated carbocycles. The highest BCUT2D eigenvalue weighted by Crippen LogP contribution is 2.32. The summed E-state index contributed by atoms with van der Waals surface area (Å²) in [5.41, 5.74) is 3.48. The molecule has 0 heterocycles. The Kier molecular flexibility index (Phi) is 14.8. The first kappa shape index (κ1) is 33.0. The van der Waals surface area contributed by atoms with Crippen LogP contribution in [0.4, 0.5) is 0 Å². The lowest BCUT2D eigenvalue weighted by molar-refractivity contribution is -0.148. The summed E-state index contributed by atoms with van der Waals surface area (Å²) in [5.74, 6) is 0.623. The van der Waals surface area contributed by atoms with E-state index in [1.807, 2.05) is 24.3 Å². The molecule has 2 atom stereocenters. The molecule has 39 heavy (non-hydrogen) atoms. The lowest BCUT2D eigenvalue weighted by Crippen LogP contribution is -2.22. The topological polar surface area (TPSA) is 112 Å². The number of esters is 2. The number of carbonyl (C=O) groups is 2. The van der Waals surface area contributed by atoms with Crippen molar-refractivity contribution in [2.75, 3.05) is 56.5 Å². The van der Waals surface area contributed by atoms with Gasteiger partial charge in [-0.1, -0.05) is 55.8 Å². The molecule has 0 aliphatic rings. The van der Waals surface area contributed by atoms with Crippen LogP contribution in [0.2, 0.25) is 0 Å².